The van der Waals surface area contributed by atoms with Crippen LogP contribution in [0.4, 0.5) is 0 Å². The maximum absolute atomic E-state index is 12.3. The Bertz CT molecular complexity index is 741. The Labute approximate surface area is 137 Å². The lowest BCUT2D eigenvalue weighted by Gasteiger charge is -2.27. The van der Waals surface area contributed by atoms with Crippen LogP contribution < -0.4 is 5.56 Å². The molecular weight excluding hydrogens is 344 g/mol. The molecule has 6 heteroatoms. The number of rotatable bonds is 3. The number of nitrogens with one attached hydrogen (secondary N) is 1. The smallest absolute Gasteiger partial charge is 0.255 e. The third-order valence-corrected chi connectivity index (χ3v) is 4.31. The van der Waals surface area contributed by atoms with E-state index in [1.165, 1.54) is 0 Å². The summed E-state index contributed by atoms with van der Waals surface area (Å²) in [6, 6.07) is 2.06. The van der Waals surface area contributed by atoms with Crippen LogP contribution in [0.25, 0.3) is 0 Å². The first-order valence-corrected chi connectivity index (χ1v) is 8.26. The maximum Gasteiger partial charge on any atom is 0.255 e. The van der Waals surface area contributed by atoms with Gasteiger partial charge in [-0.2, -0.15) is 0 Å². The van der Waals surface area contributed by atoms with E-state index in [0.29, 0.717) is 6.54 Å². The molecule has 3 heterocycles. The van der Waals surface area contributed by atoms with E-state index in [-0.39, 0.29) is 11.5 Å². The summed E-state index contributed by atoms with van der Waals surface area (Å²) in [7, 11) is 0. The van der Waals surface area contributed by atoms with E-state index in [4.69, 9.17) is 0 Å². The minimum atomic E-state index is 0.00534. The van der Waals surface area contributed by atoms with E-state index in [0.717, 1.165) is 46.6 Å². The molecule has 0 amide bonds. The van der Waals surface area contributed by atoms with Gasteiger partial charge in [0, 0.05) is 48.8 Å². The van der Waals surface area contributed by atoms with Gasteiger partial charge in [0.25, 0.3) is 5.56 Å². The first kappa shape index (κ1) is 15.4. The van der Waals surface area contributed by atoms with E-state index >= 15 is 0 Å². The van der Waals surface area contributed by atoms with Gasteiger partial charge in [-0.25, -0.2) is 4.98 Å². The molecule has 0 aliphatic carbocycles. The summed E-state index contributed by atoms with van der Waals surface area (Å²) < 4.78 is 0.975. The van der Waals surface area contributed by atoms with Crippen molar-refractivity contribution >= 4 is 15.9 Å². The Morgan fingerprint density at radius 1 is 1.41 bits per heavy atom. The summed E-state index contributed by atoms with van der Waals surface area (Å²) >= 11 is 3.44. The molecule has 0 saturated carbocycles. The fraction of sp³-hybridized carbons (Fsp3) is 0.438. The fourth-order valence-corrected chi connectivity index (χ4v) is 3.12. The molecule has 0 spiro atoms. The Morgan fingerprint density at radius 3 is 2.95 bits per heavy atom. The molecule has 1 N–H and O–H groups in total. The van der Waals surface area contributed by atoms with Crippen molar-refractivity contribution in [1.82, 2.24) is 19.9 Å². The summed E-state index contributed by atoms with van der Waals surface area (Å²) in [6.07, 6.45) is 4.46. The lowest BCUT2D eigenvalue weighted by molar-refractivity contribution is 0.241. The van der Waals surface area contributed by atoms with Crippen molar-refractivity contribution in [2.24, 2.45) is 0 Å². The molecule has 2 aromatic heterocycles. The monoisotopic (exact) mass is 362 g/mol. The van der Waals surface area contributed by atoms with Gasteiger partial charge in [0.15, 0.2) is 0 Å². The number of fused-ring (bicyclic) bond motifs is 1. The van der Waals surface area contributed by atoms with E-state index in [2.05, 4.69) is 41.8 Å². The Kier molecular flexibility index (Phi) is 4.40. The molecule has 3 rings (SSSR count). The van der Waals surface area contributed by atoms with Gasteiger partial charge in [0.2, 0.25) is 0 Å². The van der Waals surface area contributed by atoms with Gasteiger partial charge < -0.3 is 4.98 Å². The predicted octanol–water partition coefficient (Wildman–Crippen LogP) is 2.61. The molecule has 0 atom stereocenters. The number of H-pyrrole nitrogens is 1. The van der Waals surface area contributed by atoms with Gasteiger partial charge in [-0.05, 0) is 27.6 Å². The van der Waals surface area contributed by atoms with Crippen LogP contribution in [0.1, 0.15) is 42.4 Å². The fourth-order valence-electron chi connectivity index (χ4n) is 2.71. The average Bonchev–Trinajstić information content (AvgIpc) is 2.47. The van der Waals surface area contributed by atoms with Crippen LogP contribution in [0.2, 0.25) is 0 Å². The highest BCUT2D eigenvalue weighted by atomic mass is 79.9. The average molecular weight is 363 g/mol. The summed E-state index contributed by atoms with van der Waals surface area (Å²) in [5, 5.41) is 0. The molecule has 0 radical (unpaired) electrons. The Morgan fingerprint density at radius 2 is 2.23 bits per heavy atom. The zero-order valence-corrected chi connectivity index (χ0v) is 14.4. The molecule has 116 valence electrons. The quantitative estimate of drug-likeness (QED) is 0.911. The van der Waals surface area contributed by atoms with Gasteiger partial charge in [0.05, 0.1) is 11.3 Å². The SMILES string of the molecule is CC(C)c1nc2c(c(=O)[nH]1)CN(Cc1cncc(Br)c1)CC2. The molecule has 0 saturated heterocycles. The number of hydrogen-bond acceptors (Lipinski definition) is 4. The predicted molar refractivity (Wildman–Crippen MR) is 88.7 cm³/mol. The number of pyridine rings is 1. The lowest BCUT2D eigenvalue weighted by atomic mass is 10.1. The van der Waals surface area contributed by atoms with Gasteiger partial charge in [-0.1, -0.05) is 13.8 Å². The third kappa shape index (κ3) is 3.28. The van der Waals surface area contributed by atoms with Crippen molar-refractivity contribution in [3.05, 3.63) is 55.9 Å². The van der Waals surface area contributed by atoms with Crippen LogP contribution in [0, 0.1) is 0 Å². The van der Waals surface area contributed by atoms with Crippen LogP contribution in [0.15, 0.2) is 27.7 Å². The molecule has 0 fully saturated rings. The lowest BCUT2D eigenvalue weighted by Crippen LogP contribution is -2.36. The third-order valence-electron chi connectivity index (χ3n) is 3.88. The number of aromatic amines is 1. The minimum Gasteiger partial charge on any atom is -0.310 e. The molecule has 0 aromatic carbocycles. The van der Waals surface area contributed by atoms with Crippen molar-refractivity contribution < 1.29 is 0 Å². The molecule has 1 aliphatic heterocycles. The Hall–Kier alpha value is -1.53. The molecule has 22 heavy (non-hydrogen) atoms. The molecular formula is C16H19BrN4O. The zero-order chi connectivity index (χ0) is 15.7. The standard InChI is InChI=1S/C16H19BrN4O/c1-10(2)15-19-14-3-4-21(9-13(14)16(22)20-15)8-11-5-12(17)7-18-6-11/h5-7,10H,3-4,8-9H2,1-2H3,(H,19,20,22). The Balaban J connectivity index is 1.81. The largest absolute Gasteiger partial charge is 0.310 e. The van der Waals surface area contributed by atoms with Gasteiger partial charge in [-0.3, -0.25) is 14.7 Å². The van der Waals surface area contributed by atoms with E-state index < -0.39 is 0 Å². The second-order valence-electron chi connectivity index (χ2n) is 6.00. The van der Waals surface area contributed by atoms with Gasteiger partial charge >= 0.3 is 0 Å². The summed E-state index contributed by atoms with van der Waals surface area (Å²) in [5.74, 6) is 1.03. The highest BCUT2D eigenvalue weighted by Gasteiger charge is 2.21. The van der Waals surface area contributed by atoms with Crippen molar-refractivity contribution in [1.29, 1.82) is 0 Å². The van der Waals surface area contributed by atoms with Crippen molar-refractivity contribution in [2.75, 3.05) is 6.54 Å². The van der Waals surface area contributed by atoms with Crippen LogP contribution in [-0.2, 0) is 19.5 Å². The molecule has 5 nitrogen and oxygen atoms in total. The van der Waals surface area contributed by atoms with Gasteiger partial charge in [0.1, 0.15) is 5.82 Å². The zero-order valence-electron chi connectivity index (χ0n) is 12.8. The first-order valence-electron chi connectivity index (χ1n) is 7.46. The highest BCUT2D eigenvalue weighted by molar-refractivity contribution is 9.10. The van der Waals surface area contributed by atoms with Crippen molar-refractivity contribution in [3.8, 4) is 0 Å². The molecule has 1 aliphatic rings. The molecule has 0 bridgehead atoms. The number of halogens is 1. The highest BCUT2D eigenvalue weighted by Crippen LogP contribution is 2.19. The van der Waals surface area contributed by atoms with Crippen LogP contribution in [-0.4, -0.2) is 26.4 Å². The first-order chi connectivity index (χ1) is 10.5. The molecule has 2 aromatic rings. The van der Waals surface area contributed by atoms with Crippen LogP contribution in [0.3, 0.4) is 0 Å². The topological polar surface area (TPSA) is 61.9 Å². The normalized spacial score (nSPS) is 15.1. The van der Waals surface area contributed by atoms with Gasteiger partial charge in [-0.15, -0.1) is 0 Å². The number of aromatic nitrogens is 3. The van der Waals surface area contributed by atoms with Crippen LogP contribution in [0.5, 0.6) is 0 Å². The second-order valence-corrected chi connectivity index (χ2v) is 6.92. The summed E-state index contributed by atoms with van der Waals surface area (Å²) in [4.78, 5) is 26.3. The van der Waals surface area contributed by atoms with Crippen LogP contribution >= 0.6 is 15.9 Å². The minimum absolute atomic E-state index is 0.00534. The van der Waals surface area contributed by atoms with E-state index in [1.54, 1.807) is 6.20 Å². The summed E-state index contributed by atoms with van der Waals surface area (Å²) in [6.45, 7) is 6.42. The number of nitrogens with zero attached hydrogens (tertiary/aromatic N) is 3. The molecule has 0 unspecified atom stereocenters. The summed E-state index contributed by atoms with van der Waals surface area (Å²) in [5.41, 5.74) is 2.90. The van der Waals surface area contributed by atoms with Crippen molar-refractivity contribution in [3.63, 3.8) is 0 Å². The van der Waals surface area contributed by atoms with E-state index in [9.17, 15) is 4.79 Å². The maximum atomic E-state index is 12.3. The van der Waals surface area contributed by atoms with Crippen molar-refractivity contribution in [2.45, 2.75) is 39.3 Å². The van der Waals surface area contributed by atoms with E-state index in [1.807, 2.05) is 20.0 Å². The number of hydrogen-bond donors (Lipinski definition) is 1. The second kappa shape index (κ2) is 6.30.